The summed E-state index contributed by atoms with van der Waals surface area (Å²) < 4.78 is 53.5. The van der Waals surface area contributed by atoms with Crippen molar-refractivity contribution in [1.29, 1.82) is 0 Å². The molecule has 0 unspecified atom stereocenters. The van der Waals surface area contributed by atoms with Gasteiger partial charge in [0.05, 0.1) is 16.3 Å². The van der Waals surface area contributed by atoms with Gasteiger partial charge in [-0.15, -0.1) is 0 Å². The summed E-state index contributed by atoms with van der Waals surface area (Å²) in [7, 11) is 0. The minimum absolute atomic E-state index is 0.0563. The van der Waals surface area contributed by atoms with Crippen molar-refractivity contribution in [1.82, 2.24) is 0 Å². The Morgan fingerprint density at radius 3 is 2.36 bits per heavy atom. The minimum Gasteiger partial charge on any atom is -0.369 e. The van der Waals surface area contributed by atoms with Crippen molar-refractivity contribution in [3.05, 3.63) is 28.5 Å². The highest BCUT2D eigenvalue weighted by Crippen LogP contribution is 2.45. The molecule has 25 heavy (non-hydrogen) atoms. The van der Waals surface area contributed by atoms with E-state index in [9.17, 15) is 17.6 Å². The molecule has 5 nitrogen and oxygen atoms in total. The number of guanidine groups is 2. The van der Waals surface area contributed by atoms with E-state index in [1.165, 1.54) is 4.90 Å². The Morgan fingerprint density at radius 2 is 1.76 bits per heavy atom. The number of alkyl halides is 3. The second-order valence-corrected chi connectivity index (χ2v) is 6.48. The number of rotatable bonds is 1. The van der Waals surface area contributed by atoms with Crippen molar-refractivity contribution in [3.63, 3.8) is 0 Å². The average molecular weight is 378 g/mol. The lowest BCUT2D eigenvalue weighted by atomic mass is 9.87. The molecule has 1 fully saturated rings. The van der Waals surface area contributed by atoms with Crippen molar-refractivity contribution in [2.75, 3.05) is 4.90 Å². The summed E-state index contributed by atoms with van der Waals surface area (Å²) in [4.78, 5) is 9.45. The van der Waals surface area contributed by atoms with Gasteiger partial charge in [0.25, 0.3) is 0 Å². The van der Waals surface area contributed by atoms with Crippen LogP contribution in [0.25, 0.3) is 0 Å². The summed E-state index contributed by atoms with van der Waals surface area (Å²) >= 11 is 5.98. The maximum atomic E-state index is 13.9. The van der Waals surface area contributed by atoms with Gasteiger partial charge in [-0.25, -0.2) is 9.38 Å². The molecule has 1 aromatic rings. The van der Waals surface area contributed by atoms with Gasteiger partial charge in [0.2, 0.25) is 11.9 Å². The smallest absolute Gasteiger partial charge is 0.369 e. The summed E-state index contributed by atoms with van der Waals surface area (Å²) in [6.07, 6.45) is -1.31. The number of hydrogen-bond donors (Lipinski definition) is 2. The van der Waals surface area contributed by atoms with E-state index >= 15 is 0 Å². The first-order valence-electron chi connectivity index (χ1n) is 7.70. The van der Waals surface area contributed by atoms with Crippen LogP contribution in [0.2, 0.25) is 5.02 Å². The normalized spacial score (nSPS) is 20.4. The first kappa shape index (κ1) is 17.8. The van der Waals surface area contributed by atoms with Gasteiger partial charge in [-0.1, -0.05) is 18.0 Å². The number of nitrogens with two attached hydrogens (primary N) is 2. The third kappa shape index (κ3) is 3.12. The van der Waals surface area contributed by atoms with Gasteiger partial charge in [0, 0.05) is 0 Å². The molecule has 136 valence electrons. The van der Waals surface area contributed by atoms with Crippen LogP contribution in [0.4, 0.5) is 23.2 Å². The van der Waals surface area contributed by atoms with Crippen molar-refractivity contribution in [2.45, 2.75) is 43.9 Å². The number of hydrogen-bond acceptors (Lipinski definition) is 5. The predicted molar refractivity (Wildman–Crippen MR) is 88.0 cm³/mol. The van der Waals surface area contributed by atoms with Crippen molar-refractivity contribution >= 4 is 29.2 Å². The van der Waals surface area contributed by atoms with E-state index in [0.717, 1.165) is 25.3 Å². The SMILES string of the molecule is NC1=NC2(CCCCC2)N(c2cc(F)cc(C(F)(F)F)c2Cl)C(N)=N1. The molecule has 0 saturated heterocycles. The van der Waals surface area contributed by atoms with E-state index < -0.39 is 28.2 Å². The number of nitrogens with zero attached hydrogens (tertiary/aromatic N) is 3. The number of halogens is 5. The molecule has 0 aromatic heterocycles. The highest BCUT2D eigenvalue weighted by molar-refractivity contribution is 6.35. The van der Waals surface area contributed by atoms with Crippen LogP contribution in [-0.4, -0.2) is 17.6 Å². The van der Waals surface area contributed by atoms with Crippen molar-refractivity contribution in [3.8, 4) is 0 Å². The summed E-state index contributed by atoms with van der Waals surface area (Å²) in [5, 5.41) is -0.646. The Balaban J connectivity index is 2.20. The Kier molecular flexibility index (Phi) is 4.30. The maximum absolute atomic E-state index is 13.9. The fourth-order valence-corrected chi connectivity index (χ4v) is 3.71. The van der Waals surface area contributed by atoms with Gasteiger partial charge < -0.3 is 11.5 Å². The first-order valence-corrected chi connectivity index (χ1v) is 8.08. The van der Waals surface area contributed by atoms with Gasteiger partial charge in [0.15, 0.2) is 0 Å². The molecule has 0 atom stereocenters. The third-order valence-electron chi connectivity index (χ3n) is 4.42. The van der Waals surface area contributed by atoms with Gasteiger partial charge in [-0.2, -0.15) is 18.2 Å². The molecule has 2 aliphatic rings. The van der Waals surface area contributed by atoms with Crippen LogP contribution >= 0.6 is 11.6 Å². The maximum Gasteiger partial charge on any atom is 0.418 e. The lowest BCUT2D eigenvalue weighted by molar-refractivity contribution is -0.137. The highest BCUT2D eigenvalue weighted by Gasteiger charge is 2.45. The molecule has 0 bridgehead atoms. The largest absolute Gasteiger partial charge is 0.418 e. The summed E-state index contributed by atoms with van der Waals surface area (Å²) in [5.74, 6) is -1.29. The predicted octanol–water partition coefficient (Wildman–Crippen LogP) is 3.61. The fourth-order valence-electron chi connectivity index (χ4n) is 3.41. The Morgan fingerprint density at radius 1 is 1.12 bits per heavy atom. The Bertz CT molecular complexity index is 753. The van der Waals surface area contributed by atoms with E-state index in [0.29, 0.717) is 18.9 Å². The quantitative estimate of drug-likeness (QED) is 0.734. The first-order chi connectivity index (χ1) is 11.6. The molecule has 4 N–H and O–H groups in total. The standard InChI is InChI=1S/C15H16ClF4N5/c16-11-9(15(18,19)20)6-8(17)7-10(11)25-13(22)23-12(21)24-14(25)4-2-1-3-5-14/h6-7H,1-5H2,(H4,21,22,23,24). The van der Waals surface area contributed by atoms with Gasteiger partial charge in [-0.05, 0) is 37.8 Å². The molecule has 10 heteroatoms. The van der Waals surface area contributed by atoms with Crippen molar-refractivity contribution < 1.29 is 17.6 Å². The van der Waals surface area contributed by atoms with E-state index in [2.05, 4.69) is 9.98 Å². The minimum atomic E-state index is -4.81. The van der Waals surface area contributed by atoms with Crippen LogP contribution in [0.3, 0.4) is 0 Å². The van der Waals surface area contributed by atoms with Crippen LogP contribution in [0, 0.1) is 5.82 Å². The fraction of sp³-hybridized carbons (Fsp3) is 0.467. The zero-order chi connectivity index (χ0) is 18.4. The highest BCUT2D eigenvalue weighted by atomic mass is 35.5. The molecule has 1 aromatic carbocycles. The molecule has 0 amide bonds. The molecular formula is C15H16ClF4N5. The van der Waals surface area contributed by atoms with Crippen LogP contribution in [0.1, 0.15) is 37.7 Å². The molecular weight excluding hydrogens is 362 g/mol. The van der Waals surface area contributed by atoms with Gasteiger partial charge in [0.1, 0.15) is 11.5 Å². The third-order valence-corrected chi connectivity index (χ3v) is 4.81. The molecule has 1 saturated carbocycles. The molecule has 1 aliphatic carbocycles. The summed E-state index contributed by atoms with van der Waals surface area (Å²) in [6, 6.07) is 1.27. The number of aliphatic imine (C=N–C) groups is 2. The number of benzene rings is 1. The van der Waals surface area contributed by atoms with Crippen molar-refractivity contribution in [2.24, 2.45) is 21.5 Å². The van der Waals surface area contributed by atoms with E-state index in [1.54, 1.807) is 0 Å². The lowest BCUT2D eigenvalue weighted by Gasteiger charge is -2.46. The Hall–Kier alpha value is -2.03. The van der Waals surface area contributed by atoms with Gasteiger partial charge >= 0.3 is 6.18 Å². The summed E-state index contributed by atoms with van der Waals surface area (Å²) in [6.45, 7) is 0. The molecule has 3 rings (SSSR count). The van der Waals surface area contributed by atoms with E-state index in [-0.39, 0.29) is 17.6 Å². The zero-order valence-electron chi connectivity index (χ0n) is 13.1. The second kappa shape index (κ2) is 6.05. The molecule has 1 aliphatic heterocycles. The van der Waals surface area contributed by atoms with E-state index in [1.807, 2.05) is 0 Å². The lowest BCUT2D eigenvalue weighted by Crippen LogP contribution is -2.58. The van der Waals surface area contributed by atoms with Crippen LogP contribution in [0.5, 0.6) is 0 Å². The van der Waals surface area contributed by atoms with Crippen LogP contribution in [0.15, 0.2) is 22.1 Å². The second-order valence-electron chi connectivity index (χ2n) is 6.10. The number of anilines is 1. The van der Waals surface area contributed by atoms with Gasteiger partial charge in [-0.3, -0.25) is 4.90 Å². The zero-order valence-corrected chi connectivity index (χ0v) is 13.8. The molecule has 0 radical (unpaired) electrons. The Labute approximate surface area is 146 Å². The monoisotopic (exact) mass is 377 g/mol. The topological polar surface area (TPSA) is 80.0 Å². The average Bonchev–Trinajstić information content (AvgIpc) is 2.49. The molecule has 1 heterocycles. The van der Waals surface area contributed by atoms with Crippen LogP contribution < -0.4 is 16.4 Å². The van der Waals surface area contributed by atoms with E-state index in [4.69, 9.17) is 23.1 Å². The molecule has 1 spiro atoms. The summed E-state index contributed by atoms with van der Waals surface area (Å²) in [5.41, 5.74) is 9.15. The van der Waals surface area contributed by atoms with Crippen LogP contribution in [-0.2, 0) is 6.18 Å².